The maximum Gasteiger partial charge on any atom is 0.332 e. The molecule has 106 valence electrons. The van der Waals surface area contributed by atoms with Crippen molar-refractivity contribution in [1.82, 2.24) is 0 Å². The SMILES string of the molecule is CCC(OC1(CN)CCC(C(C)C)CC1)C(=O)O. The topological polar surface area (TPSA) is 72.5 Å². The van der Waals surface area contributed by atoms with Gasteiger partial charge in [-0.3, -0.25) is 0 Å². The van der Waals surface area contributed by atoms with Gasteiger partial charge in [0.1, 0.15) is 0 Å². The summed E-state index contributed by atoms with van der Waals surface area (Å²) in [7, 11) is 0. The van der Waals surface area contributed by atoms with E-state index in [1.54, 1.807) is 0 Å². The summed E-state index contributed by atoms with van der Waals surface area (Å²) in [5, 5.41) is 9.09. The molecule has 1 saturated carbocycles. The molecule has 1 aliphatic carbocycles. The van der Waals surface area contributed by atoms with Crippen LogP contribution in [0.2, 0.25) is 0 Å². The van der Waals surface area contributed by atoms with Gasteiger partial charge in [0.15, 0.2) is 6.10 Å². The van der Waals surface area contributed by atoms with E-state index in [0.717, 1.165) is 31.6 Å². The third-order valence-electron chi connectivity index (χ3n) is 4.29. The van der Waals surface area contributed by atoms with E-state index in [0.29, 0.717) is 18.9 Å². The molecule has 4 nitrogen and oxygen atoms in total. The molecule has 18 heavy (non-hydrogen) atoms. The van der Waals surface area contributed by atoms with E-state index in [4.69, 9.17) is 15.6 Å². The summed E-state index contributed by atoms with van der Waals surface area (Å²) in [4.78, 5) is 11.1. The average Bonchev–Trinajstić information content (AvgIpc) is 2.36. The summed E-state index contributed by atoms with van der Waals surface area (Å²) in [5.41, 5.74) is 5.43. The highest BCUT2D eigenvalue weighted by molar-refractivity contribution is 5.72. The predicted molar refractivity (Wildman–Crippen MR) is 71.4 cm³/mol. The van der Waals surface area contributed by atoms with E-state index in [1.807, 2.05) is 6.92 Å². The van der Waals surface area contributed by atoms with E-state index < -0.39 is 17.7 Å². The summed E-state index contributed by atoms with van der Waals surface area (Å²) in [5.74, 6) is 0.525. The molecule has 0 bridgehead atoms. The van der Waals surface area contributed by atoms with E-state index in [2.05, 4.69) is 13.8 Å². The van der Waals surface area contributed by atoms with E-state index in [9.17, 15) is 4.79 Å². The molecule has 1 aliphatic rings. The molecular formula is C14H27NO3. The van der Waals surface area contributed by atoms with Crippen molar-refractivity contribution in [2.24, 2.45) is 17.6 Å². The Morgan fingerprint density at radius 2 is 2.00 bits per heavy atom. The highest BCUT2D eigenvalue weighted by Crippen LogP contribution is 2.38. The minimum atomic E-state index is -0.878. The van der Waals surface area contributed by atoms with Crippen LogP contribution in [-0.2, 0) is 9.53 Å². The zero-order chi connectivity index (χ0) is 13.8. The fourth-order valence-electron chi connectivity index (χ4n) is 2.81. The molecule has 0 radical (unpaired) electrons. The molecule has 0 saturated heterocycles. The number of hydrogen-bond acceptors (Lipinski definition) is 3. The molecular weight excluding hydrogens is 230 g/mol. The van der Waals surface area contributed by atoms with Gasteiger partial charge in [0.05, 0.1) is 5.60 Å². The number of rotatable bonds is 6. The zero-order valence-electron chi connectivity index (χ0n) is 11.8. The van der Waals surface area contributed by atoms with Gasteiger partial charge in [-0.25, -0.2) is 4.79 Å². The summed E-state index contributed by atoms with van der Waals surface area (Å²) in [6.45, 7) is 6.74. The summed E-state index contributed by atoms with van der Waals surface area (Å²) in [6.07, 6.45) is 3.72. The van der Waals surface area contributed by atoms with Gasteiger partial charge in [-0.15, -0.1) is 0 Å². The standard InChI is InChI=1S/C14H27NO3/c1-4-12(13(16)17)18-14(9-15)7-5-11(6-8-14)10(2)3/h10-12H,4-9,15H2,1-3H3,(H,16,17). The maximum absolute atomic E-state index is 11.1. The van der Waals surface area contributed by atoms with Crippen LogP contribution in [0, 0.1) is 11.8 Å². The molecule has 3 N–H and O–H groups in total. The van der Waals surface area contributed by atoms with Crippen LogP contribution in [-0.4, -0.2) is 29.3 Å². The second-order valence-electron chi connectivity index (χ2n) is 5.82. The Hall–Kier alpha value is -0.610. The summed E-state index contributed by atoms with van der Waals surface area (Å²) >= 11 is 0. The molecule has 0 spiro atoms. The van der Waals surface area contributed by atoms with Gasteiger partial charge in [0, 0.05) is 6.54 Å². The number of carboxylic acids is 1. The van der Waals surface area contributed by atoms with Crippen LogP contribution in [0.5, 0.6) is 0 Å². The van der Waals surface area contributed by atoms with Crippen molar-refractivity contribution in [2.45, 2.75) is 64.6 Å². The van der Waals surface area contributed by atoms with E-state index in [1.165, 1.54) is 0 Å². The van der Waals surface area contributed by atoms with Gasteiger partial charge in [-0.2, -0.15) is 0 Å². The van der Waals surface area contributed by atoms with Crippen molar-refractivity contribution in [3.8, 4) is 0 Å². The van der Waals surface area contributed by atoms with Gasteiger partial charge in [0.2, 0.25) is 0 Å². The minimum absolute atomic E-state index is 0.412. The van der Waals surface area contributed by atoms with Crippen LogP contribution >= 0.6 is 0 Å². The third-order valence-corrected chi connectivity index (χ3v) is 4.29. The quantitative estimate of drug-likeness (QED) is 0.766. The van der Waals surface area contributed by atoms with Crippen LogP contribution in [0.25, 0.3) is 0 Å². The van der Waals surface area contributed by atoms with Gasteiger partial charge in [-0.1, -0.05) is 20.8 Å². The Balaban J connectivity index is 2.63. The molecule has 0 amide bonds. The molecule has 1 fully saturated rings. The Morgan fingerprint density at radius 3 is 2.33 bits per heavy atom. The largest absolute Gasteiger partial charge is 0.479 e. The highest BCUT2D eigenvalue weighted by Gasteiger charge is 2.38. The van der Waals surface area contributed by atoms with Crippen molar-refractivity contribution in [3.05, 3.63) is 0 Å². The highest BCUT2D eigenvalue weighted by atomic mass is 16.5. The van der Waals surface area contributed by atoms with Crippen molar-refractivity contribution in [2.75, 3.05) is 6.54 Å². The van der Waals surface area contributed by atoms with Crippen LogP contribution in [0.1, 0.15) is 52.9 Å². The summed E-state index contributed by atoms with van der Waals surface area (Å²) < 4.78 is 5.84. The van der Waals surface area contributed by atoms with E-state index in [-0.39, 0.29) is 0 Å². The number of carboxylic acid groups (broad SMARTS) is 1. The minimum Gasteiger partial charge on any atom is -0.479 e. The maximum atomic E-state index is 11.1. The smallest absolute Gasteiger partial charge is 0.332 e. The zero-order valence-corrected chi connectivity index (χ0v) is 11.8. The van der Waals surface area contributed by atoms with Crippen LogP contribution in [0.4, 0.5) is 0 Å². The Morgan fingerprint density at radius 1 is 1.44 bits per heavy atom. The van der Waals surface area contributed by atoms with Gasteiger partial charge in [-0.05, 0) is 43.9 Å². The van der Waals surface area contributed by atoms with Crippen LogP contribution in [0.15, 0.2) is 0 Å². The molecule has 4 heteroatoms. The molecule has 0 aromatic heterocycles. The predicted octanol–water partition coefficient (Wildman–Crippen LogP) is 2.41. The second kappa shape index (κ2) is 6.53. The first kappa shape index (κ1) is 15.4. The van der Waals surface area contributed by atoms with Gasteiger partial charge >= 0.3 is 5.97 Å². The molecule has 1 atom stereocenters. The first-order valence-corrected chi connectivity index (χ1v) is 7.05. The third kappa shape index (κ3) is 3.69. The lowest BCUT2D eigenvalue weighted by atomic mass is 9.74. The fourth-order valence-corrected chi connectivity index (χ4v) is 2.81. The van der Waals surface area contributed by atoms with Crippen molar-refractivity contribution < 1.29 is 14.6 Å². The van der Waals surface area contributed by atoms with Crippen molar-refractivity contribution >= 4 is 5.97 Å². The first-order chi connectivity index (χ1) is 8.44. The number of ether oxygens (including phenoxy) is 1. The number of nitrogens with two attached hydrogens (primary N) is 1. The van der Waals surface area contributed by atoms with Crippen LogP contribution < -0.4 is 5.73 Å². The lowest BCUT2D eigenvalue weighted by Crippen LogP contribution is -2.48. The summed E-state index contributed by atoms with van der Waals surface area (Å²) in [6, 6.07) is 0. The Bertz CT molecular complexity index is 270. The van der Waals surface area contributed by atoms with E-state index >= 15 is 0 Å². The van der Waals surface area contributed by atoms with Crippen molar-refractivity contribution in [3.63, 3.8) is 0 Å². The first-order valence-electron chi connectivity index (χ1n) is 7.05. The molecule has 1 unspecified atom stereocenters. The number of carbonyl (C=O) groups is 1. The molecule has 1 rings (SSSR count). The van der Waals surface area contributed by atoms with Crippen molar-refractivity contribution in [1.29, 1.82) is 0 Å². The Labute approximate surface area is 110 Å². The number of hydrogen-bond donors (Lipinski definition) is 2. The van der Waals surface area contributed by atoms with Gasteiger partial charge < -0.3 is 15.6 Å². The lowest BCUT2D eigenvalue weighted by Gasteiger charge is -2.41. The van der Waals surface area contributed by atoms with Gasteiger partial charge in [0.25, 0.3) is 0 Å². The molecule has 0 heterocycles. The second-order valence-corrected chi connectivity index (χ2v) is 5.82. The normalized spacial score (nSPS) is 30.4. The number of aliphatic carboxylic acids is 1. The molecule has 0 aliphatic heterocycles. The average molecular weight is 257 g/mol. The fraction of sp³-hybridized carbons (Fsp3) is 0.929. The monoisotopic (exact) mass is 257 g/mol. The molecule has 0 aromatic carbocycles. The lowest BCUT2D eigenvalue weighted by molar-refractivity contribution is -0.169. The van der Waals surface area contributed by atoms with Crippen LogP contribution in [0.3, 0.4) is 0 Å². The molecule has 0 aromatic rings. The Kier molecular flexibility index (Phi) is 5.60.